The first-order valence-electron chi connectivity index (χ1n) is 28.1. The van der Waals surface area contributed by atoms with Gasteiger partial charge in [0.1, 0.15) is 27.9 Å². The molecule has 0 radical (unpaired) electrons. The predicted molar refractivity (Wildman–Crippen MR) is 344 cm³/mol. The maximum atomic E-state index is 6.59. The van der Waals surface area contributed by atoms with E-state index in [1.165, 1.54) is 10.8 Å². The molecule has 0 aliphatic carbocycles. The minimum atomic E-state index is 0.517. The lowest BCUT2D eigenvalue weighted by atomic mass is 9.94. The third-order valence-corrected chi connectivity index (χ3v) is 16.3. The fraction of sp³-hybridized carbons (Fsp3) is 0. The molecular formula is C76H44N6O2. The average Bonchev–Trinajstić information content (AvgIpc) is 1.90. The first-order valence-corrected chi connectivity index (χ1v) is 28.1. The first-order chi connectivity index (χ1) is 41.7. The molecule has 8 nitrogen and oxygen atoms in total. The van der Waals surface area contributed by atoms with Crippen molar-refractivity contribution in [3.8, 4) is 56.8 Å². The van der Waals surface area contributed by atoms with Crippen molar-refractivity contribution in [1.82, 2.24) is 29.9 Å². The molecule has 18 aromatic rings. The van der Waals surface area contributed by atoms with E-state index in [9.17, 15) is 0 Å². The lowest BCUT2D eigenvalue weighted by molar-refractivity contribution is 0.671. The van der Waals surface area contributed by atoms with Crippen LogP contribution in [-0.2, 0) is 0 Å². The molecule has 0 saturated carbocycles. The largest absolute Gasteiger partial charge is 0.454 e. The van der Waals surface area contributed by atoms with Gasteiger partial charge in [0.15, 0.2) is 28.6 Å². The Bertz CT molecular complexity index is 5630. The molecule has 8 heteroatoms. The highest BCUT2D eigenvalue weighted by atomic mass is 16.3. The second-order valence-electron chi connectivity index (χ2n) is 21.1. The van der Waals surface area contributed by atoms with Crippen LogP contribution >= 0.6 is 0 Å². The Hall–Kier alpha value is -11.5. The Morgan fingerprint density at radius 3 is 1.07 bits per heavy atom. The third kappa shape index (κ3) is 7.48. The van der Waals surface area contributed by atoms with E-state index in [1.807, 2.05) is 97.1 Å². The quantitative estimate of drug-likeness (QED) is 0.157. The molecule has 0 bridgehead atoms. The Labute approximate surface area is 479 Å². The summed E-state index contributed by atoms with van der Waals surface area (Å²) in [6.45, 7) is 0. The van der Waals surface area contributed by atoms with Crippen LogP contribution in [0.5, 0.6) is 0 Å². The average molecular weight is 1070 g/mol. The van der Waals surface area contributed by atoms with Gasteiger partial charge in [-0.3, -0.25) is 0 Å². The van der Waals surface area contributed by atoms with E-state index in [1.54, 1.807) is 0 Å². The normalized spacial score (nSPS) is 11.8. The summed E-state index contributed by atoms with van der Waals surface area (Å²) in [5.41, 5.74) is 12.4. The van der Waals surface area contributed by atoms with Crippen LogP contribution in [0.25, 0.3) is 176 Å². The molecule has 6 heterocycles. The van der Waals surface area contributed by atoms with Gasteiger partial charge in [-0.05, 0) is 67.7 Å². The number of rotatable bonds is 5. The van der Waals surface area contributed by atoms with Crippen LogP contribution in [0, 0.1) is 0 Å². The molecule has 0 atom stereocenters. The van der Waals surface area contributed by atoms with Gasteiger partial charge in [-0.1, -0.05) is 243 Å². The molecular weight excluding hydrogens is 1030 g/mol. The summed E-state index contributed by atoms with van der Waals surface area (Å²) >= 11 is 0. The van der Waals surface area contributed by atoms with Crippen molar-refractivity contribution in [3.05, 3.63) is 267 Å². The molecule has 0 N–H and O–H groups in total. The molecule has 6 aromatic heterocycles. The van der Waals surface area contributed by atoms with Gasteiger partial charge in [0, 0.05) is 59.6 Å². The smallest absolute Gasteiger partial charge is 0.183 e. The molecule has 0 aliphatic heterocycles. The second-order valence-corrected chi connectivity index (χ2v) is 21.1. The van der Waals surface area contributed by atoms with Crippen LogP contribution in [0.2, 0.25) is 0 Å². The van der Waals surface area contributed by atoms with Crippen LogP contribution in [0.3, 0.4) is 0 Å². The van der Waals surface area contributed by atoms with Gasteiger partial charge < -0.3 is 8.83 Å². The number of nitrogens with zero attached hydrogens (tertiary/aromatic N) is 6. The highest BCUT2D eigenvalue weighted by Crippen LogP contribution is 2.47. The Balaban J connectivity index is 0.000000132. The van der Waals surface area contributed by atoms with Gasteiger partial charge in [-0.15, -0.1) is 0 Å². The minimum Gasteiger partial charge on any atom is -0.454 e. The minimum absolute atomic E-state index is 0.517. The van der Waals surface area contributed by atoms with Crippen LogP contribution in [0.15, 0.2) is 276 Å². The number of fused-ring (bicyclic) bond motifs is 21. The van der Waals surface area contributed by atoms with Crippen molar-refractivity contribution in [3.63, 3.8) is 0 Å². The highest BCUT2D eigenvalue weighted by molar-refractivity contribution is 6.36. The summed E-state index contributed by atoms with van der Waals surface area (Å²) < 4.78 is 13.2. The molecule has 0 amide bonds. The molecule has 0 spiro atoms. The SMILES string of the molecule is c1ccc(-c2cc(-c3nc4c5oc6ccccc6c5c5ccccc5c4c4ccccc34)nc3ccccc23)cc1.c1ccc(-c2nc(-c3ccccc3)nc(-c3nc4c5oc6ccccc6c5c5ccccc5c4c4ccccc34)n2)cc1. The Kier molecular flexibility index (Phi) is 10.8. The van der Waals surface area contributed by atoms with E-state index in [-0.39, 0.29) is 0 Å². The van der Waals surface area contributed by atoms with Crippen molar-refractivity contribution in [2.45, 2.75) is 0 Å². The van der Waals surface area contributed by atoms with E-state index in [0.717, 1.165) is 143 Å². The monoisotopic (exact) mass is 1070 g/mol. The summed E-state index contributed by atoms with van der Waals surface area (Å²) in [4.78, 5) is 30.9. The number of furan rings is 2. The third-order valence-electron chi connectivity index (χ3n) is 16.3. The maximum Gasteiger partial charge on any atom is 0.183 e. The van der Waals surface area contributed by atoms with Gasteiger partial charge in [-0.25, -0.2) is 29.9 Å². The van der Waals surface area contributed by atoms with E-state index in [2.05, 4.69) is 170 Å². The summed E-state index contributed by atoms with van der Waals surface area (Å²) in [7, 11) is 0. The predicted octanol–water partition coefficient (Wildman–Crippen LogP) is 19.9. The van der Waals surface area contributed by atoms with Crippen molar-refractivity contribution in [2.24, 2.45) is 0 Å². The van der Waals surface area contributed by atoms with Crippen LogP contribution in [-0.4, -0.2) is 29.9 Å². The van der Waals surface area contributed by atoms with Crippen molar-refractivity contribution >= 4 is 120 Å². The number of benzene rings is 12. The zero-order chi connectivity index (χ0) is 55.2. The fourth-order valence-electron chi connectivity index (χ4n) is 12.6. The van der Waals surface area contributed by atoms with E-state index in [0.29, 0.717) is 23.2 Å². The zero-order valence-corrected chi connectivity index (χ0v) is 44.9. The van der Waals surface area contributed by atoms with E-state index < -0.39 is 0 Å². The highest BCUT2D eigenvalue weighted by Gasteiger charge is 2.25. The van der Waals surface area contributed by atoms with Crippen LogP contribution in [0.1, 0.15) is 0 Å². The van der Waals surface area contributed by atoms with Crippen LogP contribution in [0.4, 0.5) is 0 Å². The van der Waals surface area contributed by atoms with Gasteiger partial charge in [-0.2, -0.15) is 0 Å². The second kappa shape index (κ2) is 19.1. The number of hydrogen-bond acceptors (Lipinski definition) is 8. The summed E-state index contributed by atoms with van der Waals surface area (Å²) in [6.07, 6.45) is 0. The molecule has 84 heavy (non-hydrogen) atoms. The molecule has 0 unspecified atom stereocenters. The van der Waals surface area contributed by atoms with E-state index in [4.69, 9.17) is 38.7 Å². The number of para-hydroxylation sites is 3. The molecule has 390 valence electrons. The van der Waals surface area contributed by atoms with E-state index >= 15 is 0 Å². The maximum absolute atomic E-state index is 6.59. The lowest BCUT2D eigenvalue weighted by Crippen LogP contribution is -2.02. The molecule has 0 fully saturated rings. The summed E-state index contributed by atoms with van der Waals surface area (Å²) in [6, 6.07) is 91.6. The Morgan fingerprint density at radius 1 is 0.238 bits per heavy atom. The van der Waals surface area contributed by atoms with Crippen molar-refractivity contribution < 1.29 is 8.83 Å². The molecule has 0 saturated heterocycles. The number of hydrogen-bond donors (Lipinski definition) is 0. The number of pyridine rings is 3. The van der Waals surface area contributed by atoms with Gasteiger partial charge in [0.25, 0.3) is 0 Å². The van der Waals surface area contributed by atoms with Gasteiger partial charge in [0.05, 0.1) is 16.9 Å². The topological polar surface area (TPSA) is 104 Å². The van der Waals surface area contributed by atoms with Gasteiger partial charge >= 0.3 is 0 Å². The first kappa shape index (κ1) is 47.3. The summed E-state index contributed by atoms with van der Waals surface area (Å²) in [5, 5.41) is 16.5. The van der Waals surface area contributed by atoms with Crippen molar-refractivity contribution in [2.75, 3.05) is 0 Å². The lowest BCUT2D eigenvalue weighted by Gasteiger charge is -2.14. The number of aromatic nitrogens is 6. The fourth-order valence-corrected chi connectivity index (χ4v) is 12.6. The molecule has 18 rings (SSSR count). The standard InChI is InChI=1S/C38H22N4O.C38H22N2O/c1-3-13-23(14-4-1)36-40-37(24-15-5-2-6-16-24)42-38(41-36)33-28-20-10-9-19-27(28)31-25-17-7-8-18-26(25)32-29-21-11-12-22-30(29)43-35(32)34(31)39-33;1-2-12-23(13-3-1)30-22-32(39-31-20-10-8-14-24(30)31)36-28-18-7-6-17-27(28)34-25-15-4-5-16-26(25)35-29-19-9-11-21-33(29)41-38(35)37(34)40-36/h1-22H;1-22H. The summed E-state index contributed by atoms with van der Waals surface area (Å²) in [5.74, 6) is 1.72. The van der Waals surface area contributed by atoms with Crippen LogP contribution < -0.4 is 0 Å². The van der Waals surface area contributed by atoms with Crippen molar-refractivity contribution in [1.29, 1.82) is 0 Å². The zero-order valence-electron chi connectivity index (χ0n) is 44.9. The van der Waals surface area contributed by atoms with Gasteiger partial charge in [0.2, 0.25) is 0 Å². The molecule has 12 aromatic carbocycles. The Morgan fingerprint density at radius 2 is 0.583 bits per heavy atom. The molecule has 0 aliphatic rings.